The van der Waals surface area contributed by atoms with Crippen molar-refractivity contribution in [2.24, 2.45) is 11.8 Å². The van der Waals surface area contributed by atoms with E-state index in [1.807, 2.05) is 35.7 Å². The highest BCUT2D eigenvalue weighted by molar-refractivity contribution is 5.92. The van der Waals surface area contributed by atoms with E-state index in [0.29, 0.717) is 30.2 Å². The van der Waals surface area contributed by atoms with Gasteiger partial charge in [-0.15, -0.1) is 0 Å². The molecule has 32 heavy (non-hydrogen) atoms. The predicted molar refractivity (Wildman–Crippen MR) is 125 cm³/mol. The molecule has 1 N–H and O–H groups in total. The zero-order chi connectivity index (χ0) is 22.4. The van der Waals surface area contributed by atoms with Crippen LogP contribution in [0.1, 0.15) is 43.4 Å². The maximum Gasteiger partial charge on any atom is 0.412 e. The zero-order valence-electron chi connectivity index (χ0n) is 19.3. The van der Waals surface area contributed by atoms with Gasteiger partial charge in [0.25, 0.3) is 0 Å². The molecule has 1 aromatic heterocycles. The summed E-state index contributed by atoms with van der Waals surface area (Å²) in [6.07, 6.45) is 5.16. The van der Waals surface area contributed by atoms with E-state index in [9.17, 15) is 9.59 Å². The highest BCUT2D eigenvalue weighted by Gasteiger charge is 2.49. The maximum absolute atomic E-state index is 12.3. The van der Waals surface area contributed by atoms with E-state index < -0.39 is 6.09 Å². The largest absolute Gasteiger partial charge is 0.412 e. The molecule has 0 radical (unpaired) electrons. The fourth-order valence-corrected chi connectivity index (χ4v) is 6.57. The quantitative estimate of drug-likeness (QED) is 0.702. The summed E-state index contributed by atoms with van der Waals surface area (Å²) in [4.78, 5) is 29.2. The Labute approximate surface area is 189 Å². The fraction of sp³-hybridized carbons (Fsp3) is 0.600. The summed E-state index contributed by atoms with van der Waals surface area (Å²) in [5.74, 6) is 2.36. The second kappa shape index (κ2) is 8.52. The first kappa shape index (κ1) is 21.5. The Bertz CT molecular complexity index is 1030. The molecule has 1 amide bonds. The van der Waals surface area contributed by atoms with Crippen molar-refractivity contribution in [3.8, 4) is 5.75 Å². The first-order valence-electron chi connectivity index (χ1n) is 12.0. The van der Waals surface area contributed by atoms with Gasteiger partial charge in [-0.1, -0.05) is 13.3 Å². The standard InChI is InChI=1S/C25H34N4O3/c1-4-17-11-16-12-21-23(17)28(14-16)9-7-19-20-13-18(32-25(31)26-8-10-27(2)3)5-6-22(20)29(15-30)24(19)21/h5-6,13,15-17,21,23H,4,7-12,14H2,1-3H3,(H,26,31)/t16-,17-,21+,23?/m0/s1. The SMILES string of the molecule is CC[C@H]1C[C@H]2C[C@H]3c4c(c5cc(OC(=O)NCCN(C)C)ccc5n4C=O)CCN(C2)C13. The number of carbonyl (C=O) groups excluding carboxylic acids is 2. The van der Waals surface area contributed by atoms with Crippen molar-refractivity contribution in [2.45, 2.75) is 44.6 Å². The van der Waals surface area contributed by atoms with Gasteiger partial charge in [0.2, 0.25) is 6.41 Å². The van der Waals surface area contributed by atoms with Crippen molar-refractivity contribution >= 4 is 23.4 Å². The van der Waals surface area contributed by atoms with Crippen molar-refractivity contribution in [3.05, 3.63) is 29.5 Å². The molecule has 1 aliphatic carbocycles. The lowest BCUT2D eigenvalue weighted by atomic mass is 9.65. The number of carbonyl (C=O) groups is 2. The lowest BCUT2D eigenvalue weighted by Crippen LogP contribution is -2.56. The number of likely N-dealkylation sites (N-methyl/N-ethyl adjacent to an activating group) is 1. The molecule has 3 fully saturated rings. The van der Waals surface area contributed by atoms with Crippen LogP contribution in [0.25, 0.3) is 10.9 Å². The zero-order valence-corrected chi connectivity index (χ0v) is 19.3. The smallest absolute Gasteiger partial charge is 0.410 e. The van der Waals surface area contributed by atoms with Gasteiger partial charge in [0.05, 0.1) is 5.52 Å². The minimum Gasteiger partial charge on any atom is -0.410 e. The highest BCUT2D eigenvalue weighted by atomic mass is 16.6. The first-order valence-corrected chi connectivity index (χ1v) is 12.0. The third-order valence-corrected chi connectivity index (χ3v) is 7.82. The van der Waals surface area contributed by atoms with Gasteiger partial charge in [-0.25, -0.2) is 4.79 Å². The molecule has 4 aliphatic rings. The summed E-state index contributed by atoms with van der Waals surface area (Å²) in [6.45, 7) is 5.83. The monoisotopic (exact) mass is 438 g/mol. The predicted octanol–water partition coefficient (Wildman–Crippen LogP) is 3.09. The van der Waals surface area contributed by atoms with E-state index >= 15 is 0 Å². The Hall–Kier alpha value is -2.38. The van der Waals surface area contributed by atoms with E-state index in [1.165, 1.54) is 37.1 Å². The third kappa shape index (κ3) is 3.61. The molecule has 2 unspecified atom stereocenters. The number of piperidine rings is 2. The van der Waals surface area contributed by atoms with Crippen molar-refractivity contribution in [1.29, 1.82) is 0 Å². The van der Waals surface area contributed by atoms with Crippen LogP contribution in [0.5, 0.6) is 5.75 Å². The van der Waals surface area contributed by atoms with E-state index in [-0.39, 0.29) is 0 Å². The minimum atomic E-state index is -0.447. The van der Waals surface area contributed by atoms with Crippen LogP contribution in [-0.2, 0) is 11.2 Å². The Morgan fingerprint density at radius 3 is 2.91 bits per heavy atom. The van der Waals surface area contributed by atoms with Crippen LogP contribution in [0.2, 0.25) is 0 Å². The Morgan fingerprint density at radius 2 is 2.16 bits per heavy atom. The number of nitrogens with zero attached hydrogens (tertiary/aromatic N) is 3. The van der Waals surface area contributed by atoms with Gasteiger partial charge in [-0.05, 0) is 69.0 Å². The number of aromatic nitrogens is 1. The van der Waals surface area contributed by atoms with Crippen molar-refractivity contribution in [2.75, 3.05) is 40.3 Å². The molecular formula is C25H34N4O3. The number of hydrogen-bond acceptors (Lipinski definition) is 5. The van der Waals surface area contributed by atoms with Crippen molar-refractivity contribution in [1.82, 2.24) is 19.7 Å². The number of nitrogens with one attached hydrogen (secondary N) is 1. The molecule has 6 rings (SSSR count). The molecule has 4 heterocycles. The summed E-state index contributed by atoms with van der Waals surface area (Å²) < 4.78 is 7.45. The Morgan fingerprint density at radius 1 is 1.31 bits per heavy atom. The normalized spacial score (nSPS) is 28.4. The first-order chi connectivity index (χ1) is 15.5. The summed E-state index contributed by atoms with van der Waals surface area (Å²) in [5, 5.41) is 3.83. The van der Waals surface area contributed by atoms with Crippen LogP contribution in [-0.4, -0.2) is 73.2 Å². The number of hydrogen-bond donors (Lipinski definition) is 1. The average Bonchev–Trinajstić information content (AvgIpc) is 3.03. The van der Waals surface area contributed by atoms with Gasteiger partial charge in [-0.2, -0.15) is 0 Å². The molecule has 1 saturated carbocycles. The van der Waals surface area contributed by atoms with Gasteiger partial charge >= 0.3 is 6.09 Å². The van der Waals surface area contributed by atoms with Crippen molar-refractivity contribution < 1.29 is 14.3 Å². The number of fused-ring (bicyclic) bond motifs is 4. The van der Waals surface area contributed by atoms with Crippen LogP contribution in [0.15, 0.2) is 18.2 Å². The van der Waals surface area contributed by atoms with Crippen LogP contribution in [0.4, 0.5) is 4.79 Å². The molecule has 0 spiro atoms. The van der Waals surface area contributed by atoms with Crippen LogP contribution < -0.4 is 10.1 Å². The van der Waals surface area contributed by atoms with Gasteiger partial charge in [0.1, 0.15) is 5.75 Å². The van der Waals surface area contributed by atoms with E-state index in [1.54, 1.807) is 6.07 Å². The number of ether oxygens (including phenoxy) is 1. The van der Waals surface area contributed by atoms with Crippen molar-refractivity contribution in [3.63, 3.8) is 0 Å². The van der Waals surface area contributed by atoms with Gasteiger partial charge in [0.15, 0.2) is 0 Å². The second-order valence-corrected chi connectivity index (χ2v) is 9.99. The molecule has 2 saturated heterocycles. The summed E-state index contributed by atoms with van der Waals surface area (Å²) >= 11 is 0. The van der Waals surface area contributed by atoms with E-state index in [4.69, 9.17) is 4.74 Å². The number of benzene rings is 1. The lowest BCUT2D eigenvalue weighted by molar-refractivity contribution is -0.0137. The molecule has 172 valence electrons. The van der Waals surface area contributed by atoms with E-state index in [0.717, 1.165) is 42.7 Å². The highest BCUT2D eigenvalue weighted by Crippen LogP contribution is 2.51. The van der Waals surface area contributed by atoms with Crippen LogP contribution >= 0.6 is 0 Å². The molecule has 7 heteroatoms. The summed E-state index contributed by atoms with van der Waals surface area (Å²) in [5.41, 5.74) is 3.40. The molecule has 2 aromatic rings. The maximum atomic E-state index is 12.3. The minimum absolute atomic E-state index is 0.404. The Balaban J connectivity index is 1.48. The molecule has 7 nitrogen and oxygen atoms in total. The second-order valence-electron chi connectivity index (χ2n) is 9.99. The van der Waals surface area contributed by atoms with Gasteiger partial charge in [0, 0.05) is 49.2 Å². The summed E-state index contributed by atoms with van der Waals surface area (Å²) in [7, 11) is 3.93. The molecule has 4 bridgehead atoms. The Kier molecular flexibility index (Phi) is 5.72. The fourth-order valence-electron chi connectivity index (χ4n) is 6.57. The van der Waals surface area contributed by atoms with Gasteiger partial charge in [-0.3, -0.25) is 14.3 Å². The molecule has 5 atom stereocenters. The number of rotatable bonds is 6. The topological polar surface area (TPSA) is 66.8 Å². The summed E-state index contributed by atoms with van der Waals surface area (Å²) in [6, 6.07) is 6.20. The number of amides is 1. The average molecular weight is 439 g/mol. The third-order valence-electron chi connectivity index (χ3n) is 7.82. The van der Waals surface area contributed by atoms with Crippen LogP contribution in [0.3, 0.4) is 0 Å². The lowest BCUT2D eigenvalue weighted by Gasteiger charge is -2.53. The van der Waals surface area contributed by atoms with E-state index in [2.05, 4.69) is 17.1 Å². The molecule has 1 aromatic carbocycles. The van der Waals surface area contributed by atoms with Crippen LogP contribution in [0, 0.1) is 11.8 Å². The molecule has 3 aliphatic heterocycles. The van der Waals surface area contributed by atoms with Gasteiger partial charge < -0.3 is 15.0 Å². The molecular weight excluding hydrogens is 404 g/mol.